The number of carbonyl (C=O) groups is 1. The summed E-state index contributed by atoms with van der Waals surface area (Å²) in [6.45, 7) is 9.33. The van der Waals surface area contributed by atoms with Gasteiger partial charge < -0.3 is 19.9 Å². The molecule has 30 heavy (non-hydrogen) atoms. The molecule has 2 fully saturated rings. The molecule has 2 aliphatic heterocycles. The quantitative estimate of drug-likeness (QED) is 0.330. The zero-order chi connectivity index (χ0) is 20.5. The van der Waals surface area contributed by atoms with Crippen molar-refractivity contribution in [2.75, 3.05) is 59.5 Å². The van der Waals surface area contributed by atoms with Crippen LogP contribution in [0.3, 0.4) is 0 Å². The number of carbonyl (C=O) groups excluding carboxylic acids is 1. The summed E-state index contributed by atoms with van der Waals surface area (Å²) < 4.78 is 5.53. The highest BCUT2D eigenvalue weighted by molar-refractivity contribution is 14.0. The van der Waals surface area contributed by atoms with E-state index in [0.29, 0.717) is 25.6 Å². The van der Waals surface area contributed by atoms with Crippen LogP contribution in [0.2, 0.25) is 0 Å². The maximum absolute atomic E-state index is 12.3. The molecule has 8 nitrogen and oxygen atoms in total. The molecule has 0 aromatic carbocycles. The number of rotatable bonds is 7. The van der Waals surface area contributed by atoms with Crippen molar-refractivity contribution in [3.63, 3.8) is 0 Å². The predicted octanol–water partition coefficient (Wildman–Crippen LogP) is 1.80. The number of aromatic nitrogens is 1. The number of nitrogens with one attached hydrogen (secondary N) is 1. The van der Waals surface area contributed by atoms with Crippen LogP contribution in [-0.4, -0.2) is 91.0 Å². The van der Waals surface area contributed by atoms with Crippen molar-refractivity contribution in [1.29, 1.82) is 0 Å². The van der Waals surface area contributed by atoms with Crippen LogP contribution in [0, 0.1) is 0 Å². The average Bonchev–Trinajstić information content (AvgIpc) is 3.30. The maximum Gasteiger partial charge on any atom is 0.236 e. The SMILES string of the molecule is CCCOc1ccc(CNC(=NC)N2CCN(CC(=O)N3CCCC3)CC2)cn1.I. The summed E-state index contributed by atoms with van der Waals surface area (Å²) in [5.41, 5.74) is 1.09. The highest BCUT2D eigenvalue weighted by atomic mass is 127. The standard InChI is InChI=1S/C21H34N6O2.HI/c1-3-14-29-19-7-6-18(15-23-19)16-24-21(22-2)27-12-10-25(11-13-27)17-20(28)26-8-4-5-9-26;/h6-7,15H,3-5,8-14,16-17H2,1-2H3,(H,22,24);1H. The topological polar surface area (TPSA) is 73.3 Å². The van der Waals surface area contributed by atoms with Crippen LogP contribution in [0.4, 0.5) is 0 Å². The van der Waals surface area contributed by atoms with E-state index in [4.69, 9.17) is 4.74 Å². The van der Waals surface area contributed by atoms with Crippen molar-refractivity contribution in [3.05, 3.63) is 23.9 Å². The van der Waals surface area contributed by atoms with Crippen LogP contribution in [0.1, 0.15) is 31.7 Å². The lowest BCUT2D eigenvalue weighted by atomic mass is 10.3. The van der Waals surface area contributed by atoms with Crippen molar-refractivity contribution < 1.29 is 9.53 Å². The number of amides is 1. The molecule has 0 spiro atoms. The minimum absolute atomic E-state index is 0. The lowest BCUT2D eigenvalue weighted by Crippen LogP contribution is -2.54. The summed E-state index contributed by atoms with van der Waals surface area (Å²) in [5.74, 6) is 1.83. The van der Waals surface area contributed by atoms with Crippen LogP contribution in [0.15, 0.2) is 23.3 Å². The lowest BCUT2D eigenvalue weighted by Gasteiger charge is -2.36. The van der Waals surface area contributed by atoms with Gasteiger partial charge in [-0.15, -0.1) is 24.0 Å². The number of guanidine groups is 1. The second kappa shape index (κ2) is 12.9. The monoisotopic (exact) mass is 530 g/mol. The van der Waals surface area contributed by atoms with E-state index in [2.05, 4.69) is 32.0 Å². The fourth-order valence-corrected chi connectivity index (χ4v) is 3.70. The minimum Gasteiger partial charge on any atom is -0.478 e. The van der Waals surface area contributed by atoms with Crippen LogP contribution >= 0.6 is 24.0 Å². The third-order valence-corrected chi connectivity index (χ3v) is 5.40. The van der Waals surface area contributed by atoms with Crippen LogP contribution in [-0.2, 0) is 11.3 Å². The largest absolute Gasteiger partial charge is 0.478 e. The summed E-state index contributed by atoms with van der Waals surface area (Å²) in [6, 6.07) is 3.94. The van der Waals surface area contributed by atoms with Crippen molar-refractivity contribution in [2.45, 2.75) is 32.7 Å². The van der Waals surface area contributed by atoms with Gasteiger partial charge in [0.1, 0.15) is 0 Å². The first-order chi connectivity index (χ1) is 14.2. The number of halogens is 1. The average molecular weight is 530 g/mol. The number of likely N-dealkylation sites (tertiary alicyclic amines) is 1. The molecule has 0 bridgehead atoms. The van der Waals surface area contributed by atoms with E-state index in [0.717, 1.165) is 70.1 Å². The normalized spacial score (nSPS) is 17.6. The van der Waals surface area contributed by atoms with Gasteiger partial charge in [0, 0.05) is 65.1 Å². The minimum atomic E-state index is 0. The van der Waals surface area contributed by atoms with Gasteiger partial charge in [-0.25, -0.2) is 4.98 Å². The highest BCUT2D eigenvalue weighted by Gasteiger charge is 2.24. The Balaban J connectivity index is 0.00000320. The Morgan fingerprint density at radius 3 is 2.47 bits per heavy atom. The molecule has 0 aliphatic carbocycles. The van der Waals surface area contributed by atoms with Gasteiger partial charge in [-0.05, 0) is 24.8 Å². The van der Waals surface area contributed by atoms with E-state index < -0.39 is 0 Å². The molecule has 9 heteroatoms. The van der Waals surface area contributed by atoms with Gasteiger partial charge in [0.2, 0.25) is 11.8 Å². The van der Waals surface area contributed by atoms with E-state index in [-0.39, 0.29) is 29.9 Å². The van der Waals surface area contributed by atoms with Gasteiger partial charge in [-0.1, -0.05) is 13.0 Å². The Morgan fingerprint density at radius 2 is 1.87 bits per heavy atom. The van der Waals surface area contributed by atoms with Gasteiger partial charge in [-0.2, -0.15) is 0 Å². The Kier molecular flexibility index (Phi) is 10.6. The number of aliphatic imine (C=N–C) groups is 1. The van der Waals surface area contributed by atoms with Gasteiger partial charge in [0.25, 0.3) is 0 Å². The van der Waals surface area contributed by atoms with E-state index in [1.807, 2.05) is 30.3 Å². The molecule has 0 saturated carbocycles. The van der Waals surface area contributed by atoms with E-state index >= 15 is 0 Å². The molecule has 1 N–H and O–H groups in total. The summed E-state index contributed by atoms with van der Waals surface area (Å²) in [5, 5.41) is 3.42. The summed E-state index contributed by atoms with van der Waals surface area (Å²) in [7, 11) is 1.81. The molecular formula is C21H35IN6O2. The van der Waals surface area contributed by atoms with E-state index in [1.54, 1.807) is 0 Å². The molecule has 1 aromatic heterocycles. The number of ether oxygens (including phenoxy) is 1. The molecule has 0 atom stereocenters. The van der Waals surface area contributed by atoms with Gasteiger partial charge in [-0.3, -0.25) is 14.7 Å². The Labute approximate surface area is 197 Å². The molecule has 2 saturated heterocycles. The van der Waals surface area contributed by atoms with Crippen LogP contribution in [0.25, 0.3) is 0 Å². The van der Waals surface area contributed by atoms with Crippen LogP contribution in [0.5, 0.6) is 5.88 Å². The Morgan fingerprint density at radius 1 is 1.13 bits per heavy atom. The number of nitrogens with zero attached hydrogens (tertiary/aromatic N) is 5. The van der Waals surface area contributed by atoms with Crippen molar-refractivity contribution in [1.82, 2.24) is 25.0 Å². The van der Waals surface area contributed by atoms with Gasteiger partial charge in [0.05, 0.1) is 13.2 Å². The van der Waals surface area contributed by atoms with Crippen molar-refractivity contribution in [3.8, 4) is 5.88 Å². The lowest BCUT2D eigenvalue weighted by molar-refractivity contribution is -0.131. The molecular weight excluding hydrogens is 495 g/mol. The molecule has 3 rings (SSSR count). The molecule has 0 radical (unpaired) electrons. The van der Waals surface area contributed by atoms with Crippen LogP contribution < -0.4 is 10.1 Å². The molecule has 168 valence electrons. The molecule has 0 unspecified atom stereocenters. The van der Waals surface area contributed by atoms with E-state index in [9.17, 15) is 4.79 Å². The first-order valence-electron chi connectivity index (χ1n) is 10.7. The first kappa shape index (κ1) is 24.6. The zero-order valence-electron chi connectivity index (χ0n) is 18.2. The number of pyridine rings is 1. The fourth-order valence-electron chi connectivity index (χ4n) is 3.70. The molecule has 3 heterocycles. The number of hydrogen-bond donors (Lipinski definition) is 1. The molecule has 2 aliphatic rings. The fraction of sp³-hybridized carbons (Fsp3) is 0.667. The first-order valence-corrected chi connectivity index (χ1v) is 10.7. The molecule has 1 aromatic rings. The summed E-state index contributed by atoms with van der Waals surface area (Å²) in [4.78, 5) is 27.6. The summed E-state index contributed by atoms with van der Waals surface area (Å²) >= 11 is 0. The Bertz CT molecular complexity index is 671. The maximum atomic E-state index is 12.3. The third-order valence-electron chi connectivity index (χ3n) is 5.40. The van der Waals surface area contributed by atoms with E-state index in [1.165, 1.54) is 0 Å². The summed E-state index contributed by atoms with van der Waals surface area (Å²) in [6.07, 6.45) is 5.10. The van der Waals surface area contributed by atoms with Gasteiger partial charge >= 0.3 is 0 Å². The second-order valence-corrected chi connectivity index (χ2v) is 7.61. The third kappa shape index (κ3) is 7.26. The van der Waals surface area contributed by atoms with Crippen molar-refractivity contribution in [2.24, 2.45) is 4.99 Å². The van der Waals surface area contributed by atoms with Crippen molar-refractivity contribution >= 4 is 35.8 Å². The zero-order valence-corrected chi connectivity index (χ0v) is 20.5. The second-order valence-electron chi connectivity index (χ2n) is 7.61. The van der Waals surface area contributed by atoms with Gasteiger partial charge in [0.15, 0.2) is 5.96 Å². The molecule has 1 amide bonds. The smallest absolute Gasteiger partial charge is 0.236 e. The number of piperazine rings is 1. The highest BCUT2D eigenvalue weighted by Crippen LogP contribution is 2.10. The Hall–Kier alpha value is -1.62. The predicted molar refractivity (Wildman–Crippen MR) is 129 cm³/mol. The number of hydrogen-bond acceptors (Lipinski definition) is 5.